The first-order chi connectivity index (χ1) is 8.65. The van der Waals surface area contributed by atoms with Crippen molar-refractivity contribution in [1.29, 1.82) is 0 Å². The molecule has 0 bridgehead atoms. The van der Waals surface area contributed by atoms with Gasteiger partial charge >= 0.3 is 5.97 Å². The fraction of sp³-hybridized carbons (Fsp3) is 0.462. The van der Waals surface area contributed by atoms with Gasteiger partial charge in [-0.05, 0) is 30.5 Å². The summed E-state index contributed by atoms with van der Waals surface area (Å²) in [6.07, 6.45) is 4.29. The quantitative estimate of drug-likeness (QED) is 0.808. The van der Waals surface area contributed by atoms with Crippen LogP contribution >= 0.6 is 0 Å². The van der Waals surface area contributed by atoms with E-state index in [-0.39, 0.29) is 25.2 Å². The Hall–Kier alpha value is -1.75. The van der Waals surface area contributed by atoms with Crippen LogP contribution in [0, 0.1) is 5.41 Å². The van der Waals surface area contributed by atoms with Crippen LogP contribution in [-0.4, -0.2) is 35.1 Å². The zero-order chi connectivity index (χ0) is 13.0. The molecule has 2 heterocycles. The Morgan fingerprint density at radius 1 is 1.44 bits per heavy atom. The predicted molar refractivity (Wildman–Crippen MR) is 63.1 cm³/mol. The molecule has 5 nitrogen and oxygen atoms in total. The molecule has 96 valence electrons. The van der Waals surface area contributed by atoms with Crippen molar-refractivity contribution in [2.45, 2.75) is 19.3 Å². The van der Waals surface area contributed by atoms with E-state index in [2.05, 4.69) is 4.98 Å². The molecule has 0 spiro atoms. The normalized spacial score (nSPS) is 23.9. The number of carboxylic acids is 1. The Morgan fingerprint density at radius 3 is 2.78 bits per heavy atom. The summed E-state index contributed by atoms with van der Waals surface area (Å²) < 4.78 is 5.19. The van der Waals surface area contributed by atoms with Gasteiger partial charge in [0.15, 0.2) is 5.78 Å². The van der Waals surface area contributed by atoms with Crippen molar-refractivity contribution in [3.8, 4) is 0 Å². The fourth-order valence-corrected chi connectivity index (χ4v) is 2.14. The number of pyridine rings is 1. The van der Waals surface area contributed by atoms with Crippen molar-refractivity contribution in [2.75, 3.05) is 13.2 Å². The molecule has 1 aliphatic rings. The third-order valence-electron chi connectivity index (χ3n) is 3.35. The van der Waals surface area contributed by atoms with E-state index in [4.69, 9.17) is 4.74 Å². The van der Waals surface area contributed by atoms with E-state index in [1.54, 1.807) is 12.4 Å². The molecule has 0 amide bonds. The maximum atomic E-state index is 11.9. The van der Waals surface area contributed by atoms with Crippen LogP contribution in [0.3, 0.4) is 0 Å². The number of carbonyl (C=O) groups excluding carboxylic acids is 1. The van der Waals surface area contributed by atoms with Gasteiger partial charge < -0.3 is 9.84 Å². The van der Waals surface area contributed by atoms with Gasteiger partial charge in [0.25, 0.3) is 0 Å². The Balaban J connectivity index is 2.12. The molecule has 1 unspecified atom stereocenters. The number of aliphatic carboxylic acids is 1. The Labute approximate surface area is 105 Å². The van der Waals surface area contributed by atoms with Crippen molar-refractivity contribution < 1.29 is 19.4 Å². The van der Waals surface area contributed by atoms with Gasteiger partial charge in [-0.2, -0.15) is 0 Å². The number of aryl methyl sites for hydroxylation is 1. The minimum Gasteiger partial charge on any atom is -0.480 e. The molecule has 1 aromatic rings. The predicted octanol–water partition coefficient (Wildman–Crippen LogP) is 1.07. The Bertz CT molecular complexity index is 446. The summed E-state index contributed by atoms with van der Waals surface area (Å²) in [6.45, 7) is 0.301. The van der Waals surface area contributed by atoms with E-state index in [9.17, 15) is 14.7 Å². The van der Waals surface area contributed by atoms with Crippen LogP contribution in [0.25, 0.3) is 0 Å². The highest BCUT2D eigenvalue weighted by molar-refractivity contribution is 6.03. The summed E-state index contributed by atoms with van der Waals surface area (Å²) >= 11 is 0. The molecule has 1 fully saturated rings. The van der Waals surface area contributed by atoms with Crippen molar-refractivity contribution >= 4 is 11.8 Å². The average Bonchev–Trinajstić information content (AvgIpc) is 2.39. The van der Waals surface area contributed by atoms with Crippen molar-refractivity contribution in [2.24, 2.45) is 5.41 Å². The maximum absolute atomic E-state index is 11.9. The van der Waals surface area contributed by atoms with Crippen molar-refractivity contribution in [3.05, 3.63) is 30.1 Å². The molecule has 1 N–H and O–H groups in total. The van der Waals surface area contributed by atoms with Gasteiger partial charge in [0, 0.05) is 18.8 Å². The summed E-state index contributed by atoms with van der Waals surface area (Å²) in [4.78, 5) is 27.2. The second kappa shape index (κ2) is 5.27. The zero-order valence-electron chi connectivity index (χ0n) is 9.96. The second-order valence-corrected chi connectivity index (χ2v) is 4.47. The van der Waals surface area contributed by atoms with Crippen LogP contribution in [0.15, 0.2) is 24.5 Å². The number of ether oxygens (including phenoxy) is 1. The number of carboxylic acid groups (broad SMARTS) is 1. The first kappa shape index (κ1) is 12.7. The molecule has 1 saturated heterocycles. The molecule has 18 heavy (non-hydrogen) atoms. The molecule has 0 saturated carbocycles. The van der Waals surface area contributed by atoms with Crippen LogP contribution in [-0.2, 0) is 20.7 Å². The number of nitrogens with zero attached hydrogens (tertiary/aromatic N) is 1. The summed E-state index contributed by atoms with van der Waals surface area (Å²) in [6, 6.07) is 3.65. The standard InChI is InChI=1S/C13H15NO4/c15-11-4-8-18-9-13(11,12(16)17)5-1-10-2-6-14-7-3-10/h2-3,6-7H,1,4-5,8-9H2,(H,16,17). The van der Waals surface area contributed by atoms with E-state index < -0.39 is 11.4 Å². The van der Waals surface area contributed by atoms with Crippen LogP contribution in [0.2, 0.25) is 0 Å². The third-order valence-corrected chi connectivity index (χ3v) is 3.35. The zero-order valence-corrected chi connectivity index (χ0v) is 9.96. The van der Waals surface area contributed by atoms with E-state index >= 15 is 0 Å². The smallest absolute Gasteiger partial charge is 0.319 e. The summed E-state index contributed by atoms with van der Waals surface area (Å²) in [5.74, 6) is -1.31. The highest BCUT2D eigenvalue weighted by Crippen LogP contribution is 2.31. The van der Waals surface area contributed by atoms with E-state index in [0.717, 1.165) is 5.56 Å². The average molecular weight is 249 g/mol. The first-order valence-electron chi connectivity index (χ1n) is 5.88. The van der Waals surface area contributed by atoms with Gasteiger partial charge in [-0.25, -0.2) is 0 Å². The number of hydrogen-bond donors (Lipinski definition) is 1. The van der Waals surface area contributed by atoms with Crippen LogP contribution in [0.4, 0.5) is 0 Å². The summed E-state index contributed by atoms with van der Waals surface area (Å²) in [5, 5.41) is 9.32. The van der Waals surface area contributed by atoms with Gasteiger partial charge in [-0.3, -0.25) is 14.6 Å². The van der Waals surface area contributed by atoms with Gasteiger partial charge in [0.05, 0.1) is 13.2 Å². The Morgan fingerprint density at radius 2 is 2.17 bits per heavy atom. The fourth-order valence-electron chi connectivity index (χ4n) is 2.14. The number of hydrogen-bond acceptors (Lipinski definition) is 4. The van der Waals surface area contributed by atoms with Crippen LogP contribution in [0.5, 0.6) is 0 Å². The lowest BCUT2D eigenvalue weighted by Crippen LogP contribution is -2.47. The molecule has 1 aromatic heterocycles. The van der Waals surface area contributed by atoms with Crippen LogP contribution in [0.1, 0.15) is 18.4 Å². The molecule has 0 radical (unpaired) electrons. The number of carbonyl (C=O) groups is 2. The number of aromatic nitrogens is 1. The summed E-state index contributed by atoms with van der Waals surface area (Å²) in [7, 11) is 0. The number of Topliss-reactive ketones (excluding diaryl/α,β-unsaturated/α-hetero) is 1. The topological polar surface area (TPSA) is 76.5 Å². The third kappa shape index (κ3) is 2.41. The second-order valence-electron chi connectivity index (χ2n) is 4.47. The Kier molecular flexibility index (Phi) is 3.72. The van der Waals surface area contributed by atoms with Crippen molar-refractivity contribution in [3.63, 3.8) is 0 Å². The minimum absolute atomic E-state index is 0.0216. The summed E-state index contributed by atoms with van der Waals surface area (Å²) in [5.41, 5.74) is -0.398. The molecule has 5 heteroatoms. The van der Waals surface area contributed by atoms with Gasteiger partial charge in [0.2, 0.25) is 0 Å². The number of rotatable bonds is 4. The largest absolute Gasteiger partial charge is 0.480 e. The van der Waals surface area contributed by atoms with Crippen molar-refractivity contribution in [1.82, 2.24) is 4.98 Å². The van der Waals surface area contributed by atoms with E-state index in [0.29, 0.717) is 13.0 Å². The molecule has 1 aliphatic heterocycles. The van der Waals surface area contributed by atoms with Crippen LogP contribution < -0.4 is 0 Å². The molecule has 2 rings (SSSR count). The van der Waals surface area contributed by atoms with Gasteiger partial charge in [-0.15, -0.1) is 0 Å². The van der Waals surface area contributed by atoms with Gasteiger partial charge in [0.1, 0.15) is 5.41 Å². The molecular weight excluding hydrogens is 234 g/mol. The molecular formula is C13H15NO4. The monoisotopic (exact) mass is 249 g/mol. The van der Waals surface area contributed by atoms with Gasteiger partial charge in [-0.1, -0.05) is 0 Å². The van der Waals surface area contributed by atoms with E-state index in [1.165, 1.54) is 0 Å². The minimum atomic E-state index is -1.37. The van der Waals surface area contributed by atoms with E-state index in [1.807, 2.05) is 12.1 Å². The molecule has 1 atom stereocenters. The number of ketones is 1. The highest BCUT2D eigenvalue weighted by atomic mass is 16.5. The maximum Gasteiger partial charge on any atom is 0.319 e. The lowest BCUT2D eigenvalue weighted by Gasteiger charge is -2.31. The molecule has 0 aliphatic carbocycles. The first-order valence-corrected chi connectivity index (χ1v) is 5.88. The highest BCUT2D eigenvalue weighted by Gasteiger charge is 2.47. The lowest BCUT2D eigenvalue weighted by molar-refractivity contribution is -0.165. The molecule has 0 aromatic carbocycles. The lowest BCUT2D eigenvalue weighted by atomic mass is 9.76. The SMILES string of the molecule is O=C(O)C1(CCc2ccncc2)COCCC1=O.